The second-order valence-corrected chi connectivity index (χ2v) is 11.7. The fourth-order valence-electron chi connectivity index (χ4n) is 3.65. The van der Waals surface area contributed by atoms with E-state index in [4.69, 9.17) is 34.8 Å². The Morgan fingerprint density at radius 1 is 1.00 bits per heavy atom. The van der Waals surface area contributed by atoms with Crippen molar-refractivity contribution in [3.63, 3.8) is 0 Å². The van der Waals surface area contributed by atoms with Crippen LogP contribution in [0, 0.1) is 5.82 Å². The van der Waals surface area contributed by atoms with E-state index in [9.17, 15) is 17.6 Å². The maximum Gasteiger partial charge on any atom is 0.243 e. The summed E-state index contributed by atoms with van der Waals surface area (Å²) in [5, 5.41) is 3.51. The van der Waals surface area contributed by atoms with Crippen LogP contribution in [0.2, 0.25) is 15.1 Å². The summed E-state index contributed by atoms with van der Waals surface area (Å²) in [6, 6.07) is 16.2. The van der Waals surface area contributed by atoms with E-state index in [2.05, 4.69) is 10.3 Å². The SMILES string of the molecule is CC(C)N(CC(=O)Nc1nc(-c2ccc(Cl)cc2)cn1-c1ccc(F)c(Cl)c1)S(=O)(=O)c1ccc(Cl)cc1. The van der Waals surface area contributed by atoms with Gasteiger partial charge < -0.3 is 0 Å². The number of carbonyl (C=O) groups excluding carboxylic acids is 1. The molecule has 1 N–H and O–H groups in total. The summed E-state index contributed by atoms with van der Waals surface area (Å²) < 4.78 is 43.0. The number of aromatic nitrogens is 2. The van der Waals surface area contributed by atoms with Crippen molar-refractivity contribution in [3.8, 4) is 16.9 Å². The summed E-state index contributed by atoms with van der Waals surface area (Å²) in [7, 11) is -4.00. The fourth-order valence-corrected chi connectivity index (χ4v) is 5.67. The molecule has 0 saturated carbocycles. The summed E-state index contributed by atoms with van der Waals surface area (Å²) in [4.78, 5) is 17.7. The van der Waals surface area contributed by atoms with Crippen molar-refractivity contribution in [2.75, 3.05) is 11.9 Å². The molecular formula is C26H22Cl3FN4O3S. The molecule has 0 spiro atoms. The first-order valence-electron chi connectivity index (χ1n) is 11.3. The number of nitrogens with one attached hydrogen (secondary N) is 1. The predicted molar refractivity (Wildman–Crippen MR) is 148 cm³/mol. The predicted octanol–water partition coefficient (Wildman–Crippen LogP) is 6.68. The molecule has 0 aliphatic carbocycles. The Kier molecular flexibility index (Phi) is 8.44. The van der Waals surface area contributed by atoms with Crippen LogP contribution in [-0.4, -0.2) is 40.8 Å². The molecule has 4 aromatic rings. The first kappa shape index (κ1) is 28.1. The highest BCUT2D eigenvalue weighted by atomic mass is 35.5. The van der Waals surface area contributed by atoms with Gasteiger partial charge in [0.25, 0.3) is 0 Å². The lowest BCUT2D eigenvalue weighted by Crippen LogP contribution is -2.42. The number of sulfonamides is 1. The van der Waals surface area contributed by atoms with Crippen LogP contribution < -0.4 is 5.32 Å². The van der Waals surface area contributed by atoms with Crippen LogP contribution in [0.25, 0.3) is 16.9 Å². The number of halogens is 4. The largest absolute Gasteiger partial charge is 0.294 e. The van der Waals surface area contributed by atoms with Gasteiger partial charge in [0.15, 0.2) is 0 Å². The molecule has 0 atom stereocenters. The Morgan fingerprint density at radius 3 is 2.18 bits per heavy atom. The van der Waals surface area contributed by atoms with Crippen LogP contribution in [0.4, 0.5) is 10.3 Å². The molecule has 0 saturated heterocycles. The number of hydrogen-bond donors (Lipinski definition) is 1. The third-order valence-electron chi connectivity index (χ3n) is 5.57. The van der Waals surface area contributed by atoms with Crippen molar-refractivity contribution in [2.45, 2.75) is 24.8 Å². The quantitative estimate of drug-likeness (QED) is 0.246. The van der Waals surface area contributed by atoms with Gasteiger partial charge in [0.05, 0.1) is 27.8 Å². The molecule has 198 valence electrons. The molecule has 38 heavy (non-hydrogen) atoms. The molecule has 0 aliphatic heterocycles. The van der Waals surface area contributed by atoms with Gasteiger partial charge in [0, 0.05) is 27.8 Å². The fraction of sp³-hybridized carbons (Fsp3) is 0.154. The summed E-state index contributed by atoms with van der Waals surface area (Å²) >= 11 is 17.9. The number of rotatable bonds is 8. The Hall–Kier alpha value is -2.95. The zero-order chi connectivity index (χ0) is 27.6. The first-order valence-corrected chi connectivity index (χ1v) is 13.9. The van der Waals surface area contributed by atoms with Gasteiger partial charge in [0.2, 0.25) is 21.9 Å². The third-order valence-corrected chi connectivity index (χ3v) is 8.40. The van der Waals surface area contributed by atoms with E-state index >= 15 is 0 Å². The van der Waals surface area contributed by atoms with E-state index in [-0.39, 0.29) is 15.9 Å². The van der Waals surface area contributed by atoms with E-state index in [1.807, 2.05) is 0 Å². The Labute approximate surface area is 234 Å². The summed E-state index contributed by atoms with van der Waals surface area (Å²) in [5.74, 6) is -1.13. The van der Waals surface area contributed by atoms with Crippen molar-refractivity contribution >= 4 is 56.7 Å². The Bertz CT molecular complexity index is 1570. The number of carbonyl (C=O) groups is 1. The van der Waals surface area contributed by atoms with Gasteiger partial charge in [-0.1, -0.05) is 46.9 Å². The lowest BCUT2D eigenvalue weighted by atomic mass is 10.2. The van der Waals surface area contributed by atoms with E-state index in [0.29, 0.717) is 27.0 Å². The molecule has 0 bridgehead atoms. The van der Waals surface area contributed by atoms with Crippen LogP contribution in [0.15, 0.2) is 77.8 Å². The minimum Gasteiger partial charge on any atom is -0.294 e. The molecule has 7 nitrogen and oxygen atoms in total. The van der Waals surface area contributed by atoms with Crippen molar-refractivity contribution in [2.24, 2.45) is 0 Å². The molecule has 0 aliphatic rings. The van der Waals surface area contributed by atoms with E-state index in [1.54, 1.807) is 44.3 Å². The summed E-state index contributed by atoms with van der Waals surface area (Å²) in [6.07, 6.45) is 1.65. The number of anilines is 1. The number of imidazole rings is 1. The zero-order valence-corrected chi connectivity index (χ0v) is 23.3. The molecule has 1 amide bonds. The van der Waals surface area contributed by atoms with Gasteiger partial charge in [-0.05, 0) is 68.4 Å². The lowest BCUT2D eigenvalue weighted by Gasteiger charge is -2.25. The topological polar surface area (TPSA) is 84.3 Å². The Morgan fingerprint density at radius 2 is 1.61 bits per heavy atom. The van der Waals surface area contributed by atoms with E-state index in [0.717, 1.165) is 4.31 Å². The van der Waals surface area contributed by atoms with E-state index in [1.165, 1.54) is 47.0 Å². The van der Waals surface area contributed by atoms with Gasteiger partial charge in [0.1, 0.15) is 5.82 Å². The van der Waals surface area contributed by atoms with Crippen LogP contribution in [0.1, 0.15) is 13.8 Å². The van der Waals surface area contributed by atoms with Gasteiger partial charge in [-0.25, -0.2) is 17.8 Å². The monoisotopic (exact) mass is 594 g/mol. The third kappa shape index (κ3) is 6.19. The molecule has 1 aromatic heterocycles. The van der Waals surface area contributed by atoms with Crippen molar-refractivity contribution in [1.29, 1.82) is 0 Å². The minimum absolute atomic E-state index is 0.0101. The maximum absolute atomic E-state index is 13.8. The first-order chi connectivity index (χ1) is 18.0. The van der Waals surface area contributed by atoms with Crippen LogP contribution in [0.3, 0.4) is 0 Å². The number of hydrogen-bond acceptors (Lipinski definition) is 4. The lowest BCUT2D eigenvalue weighted by molar-refractivity contribution is -0.116. The normalized spacial score (nSPS) is 11.8. The molecule has 4 rings (SSSR count). The van der Waals surface area contributed by atoms with Crippen LogP contribution in [-0.2, 0) is 14.8 Å². The highest BCUT2D eigenvalue weighted by molar-refractivity contribution is 7.89. The van der Waals surface area contributed by atoms with Gasteiger partial charge >= 0.3 is 0 Å². The van der Waals surface area contributed by atoms with Crippen molar-refractivity contribution in [3.05, 3.63) is 93.8 Å². The van der Waals surface area contributed by atoms with Gasteiger partial charge in [-0.3, -0.25) is 14.7 Å². The second-order valence-electron chi connectivity index (χ2n) is 8.57. The van der Waals surface area contributed by atoms with E-state index < -0.39 is 34.3 Å². The van der Waals surface area contributed by atoms with Crippen molar-refractivity contribution in [1.82, 2.24) is 13.9 Å². The maximum atomic E-state index is 13.8. The standard InChI is InChI=1S/C26H22Cl3FN4O3S/c1-16(2)34(38(36,37)21-10-7-19(28)8-11-21)15-25(35)32-26-31-24(17-3-5-18(27)6-4-17)14-33(26)20-9-12-23(30)22(29)13-20/h3-14,16H,15H2,1-2H3,(H,31,32,35). The minimum atomic E-state index is -4.00. The highest BCUT2D eigenvalue weighted by Crippen LogP contribution is 2.28. The number of amides is 1. The van der Waals surface area contributed by atoms with Crippen LogP contribution in [0.5, 0.6) is 0 Å². The second kappa shape index (κ2) is 11.4. The van der Waals surface area contributed by atoms with Crippen LogP contribution >= 0.6 is 34.8 Å². The smallest absolute Gasteiger partial charge is 0.243 e. The number of benzene rings is 3. The molecule has 0 radical (unpaired) electrons. The average molecular weight is 596 g/mol. The molecule has 3 aromatic carbocycles. The summed E-state index contributed by atoms with van der Waals surface area (Å²) in [5.41, 5.74) is 1.65. The molecule has 0 fully saturated rings. The van der Waals surface area contributed by atoms with Gasteiger partial charge in [-0.2, -0.15) is 4.31 Å². The molecule has 12 heteroatoms. The summed E-state index contributed by atoms with van der Waals surface area (Å²) in [6.45, 7) is 2.86. The Balaban J connectivity index is 1.67. The molecule has 1 heterocycles. The molecule has 0 unspecified atom stereocenters. The zero-order valence-electron chi connectivity index (χ0n) is 20.2. The highest BCUT2D eigenvalue weighted by Gasteiger charge is 2.29. The van der Waals surface area contributed by atoms with Gasteiger partial charge in [-0.15, -0.1) is 0 Å². The van der Waals surface area contributed by atoms with Crippen molar-refractivity contribution < 1.29 is 17.6 Å². The number of nitrogens with zero attached hydrogens (tertiary/aromatic N) is 3. The average Bonchev–Trinajstić information content (AvgIpc) is 3.28. The molecular weight excluding hydrogens is 574 g/mol.